The van der Waals surface area contributed by atoms with E-state index in [2.05, 4.69) is 20.3 Å². The van der Waals surface area contributed by atoms with Crippen LogP contribution in [-0.2, 0) is 11.3 Å². The zero-order valence-electron chi connectivity index (χ0n) is 12.5. The van der Waals surface area contributed by atoms with Gasteiger partial charge in [0.1, 0.15) is 5.76 Å². The first-order valence-corrected chi connectivity index (χ1v) is 6.68. The van der Waals surface area contributed by atoms with E-state index in [1.165, 1.54) is 6.20 Å². The molecule has 2 N–H and O–H groups in total. The number of anilines is 1. The summed E-state index contributed by atoms with van der Waals surface area (Å²) in [6.07, 6.45) is 2.31. The predicted molar refractivity (Wildman–Crippen MR) is 76.5 cm³/mol. The Labute approximate surface area is 126 Å². The quantitative estimate of drug-likeness (QED) is 0.891. The number of carbonyl (C=O) groups is 2. The summed E-state index contributed by atoms with van der Waals surface area (Å²) >= 11 is 0. The largest absolute Gasteiger partial charge is 0.450 e. The van der Waals surface area contributed by atoms with Crippen LogP contribution in [0.3, 0.4) is 0 Å². The van der Waals surface area contributed by atoms with E-state index in [0.717, 1.165) is 17.0 Å². The molecular formula is C13H17N5O4. The first kappa shape index (κ1) is 15.5. The molecule has 2 rings (SSSR count). The van der Waals surface area contributed by atoms with E-state index in [9.17, 15) is 9.59 Å². The van der Waals surface area contributed by atoms with Crippen molar-refractivity contribution in [1.82, 2.24) is 20.3 Å². The van der Waals surface area contributed by atoms with Crippen molar-refractivity contribution in [3.63, 3.8) is 0 Å². The molecule has 118 valence electrons. The first-order valence-electron chi connectivity index (χ1n) is 6.68. The second-order valence-electron chi connectivity index (χ2n) is 4.53. The molecule has 0 radical (unpaired) electrons. The highest BCUT2D eigenvalue weighted by atomic mass is 16.5. The maximum absolute atomic E-state index is 11.5. The minimum absolute atomic E-state index is 0.189. The molecule has 0 aliphatic rings. The Morgan fingerprint density at radius 2 is 2.18 bits per heavy atom. The van der Waals surface area contributed by atoms with Crippen LogP contribution in [0.5, 0.6) is 0 Å². The third-order valence-electron chi connectivity index (χ3n) is 2.88. The lowest BCUT2D eigenvalue weighted by Gasteiger charge is -2.04. The molecule has 0 aliphatic heterocycles. The Morgan fingerprint density at radius 3 is 2.82 bits per heavy atom. The number of rotatable bonds is 4. The van der Waals surface area contributed by atoms with Gasteiger partial charge in [-0.1, -0.05) is 5.16 Å². The average molecular weight is 307 g/mol. The van der Waals surface area contributed by atoms with Crippen LogP contribution in [-0.4, -0.2) is 33.7 Å². The highest BCUT2D eigenvalue weighted by molar-refractivity contribution is 5.98. The summed E-state index contributed by atoms with van der Waals surface area (Å²) in [7, 11) is 0. The van der Waals surface area contributed by atoms with Crippen LogP contribution in [0.25, 0.3) is 0 Å². The van der Waals surface area contributed by atoms with Gasteiger partial charge in [0.15, 0.2) is 0 Å². The lowest BCUT2D eigenvalue weighted by Crippen LogP contribution is -2.34. The van der Waals surface area contributed by atoms with Gasteiger partial charge in [-0.15, -0.1) is 0 Å². The van der Waals surface area contributed by atoms with Crippen molar-refractivity contribution in [3.8, 4) is 0 Å². The van der Waals surface area contributed by atoms with Crippen LogP contribution >= 0.6 is 0 Å². The number of aryl methyl sites for hydroxylation is 2. The number of ether oxygens (including phenoxy) is 1. The lowest BCUT2D eigenvalue weighted by molar-refractivity contribution is 0.154. The Morgan fingerprint density at radius 1 is 1.41 bits per heavy atom. The summed E-state index contributed by atoms with van der Waals surface area (Å²) < 4.78 is 11.3. The van der Waals surface area contributed by atoms with Gasteiger partial charge < -0.3 is 14.6 Å². The number of nitrogens with zero attached hydrogens (tertiary/aromatic N) is 3. The van der Waals surface area contributed by atoms with E-state index >= 15 is 0 Å². The number of alkyl carbamates (subject to hydrolysis) is 1. The fraction of sp³-hybridized carbons (Fsp3) is 0.385. The van der Waals surface area contributed by atoms with Crippen LogP contribution in [0.4, 0.5) is 15.3 Å². The minimum atomic E-state index is -0.803. The van der Waals surface area contributed by atoms with Gasteiger partial charge >= 0.3 is 12.1 Å². The number of nitrogens with one attached hydrogen (secondary N) is 2. The zero-order chi connectivity index (χ0) is 16.1. The lowest BCUT2D eigenvalue weighted by atomic mass is 10.2. The molecule has 0 saturated carbocycles. The van der Waals surface area contributed by atoms with Gasteiger partial charge in [0.2, 0.25) is 0 Å². The molecular weight excluding hydrogens is 290 g/mol. The van der Waals surface area contributed by atoms with Gasteiger partial charge in [0, 0.05) is 11.8 Å². The Kier molecular flexibility index (Phi) is 4.77. The molecule has 0 spiro atoms. The smallest absolute Gasteiger partial charge is 0.415 e. The molecule has 0 bridgehead atoms. The molecule has 0 aromatic carbocycles. The van der Waals surface area contributed by atoms with Crippen LogP contribution in [0.1, 0.15) is 23.9 Å². The van der Waals surface area contributed by atoms with E-state index in [1.807, 2.05) is 19.2 Å². The number of imide groups is 1. The summed E-state index contributed by atoms with van der Waals surface area (Å²) in [4.78, 5) is 22.7. The maximum Gasteiger partial charge on any atom is 0.415 e. The number of carbonyl (C=O) groups excluding carboxylic acids is 2. The number of aromatic nitrogens is 3. The van der Waals surface area contributed by atoms with Crippen LogP contribution in [0.2, 0.25) is 0 Å². The molecule has 0 atom stereocenters. The van der Waals surface area contributed by atoms with E-state index in [-0.39, 0.29) is 6.61 Å². The van der Waals surface area contributed by atoms with Crippen molar-refractivity contribution in [3.05, 3.63) is 29.4 Å². The fourth-order valence-electron chi connectivity index (χ4n) is 1.83. The molecule has 0 saturated heterocycles. The summed E-state index contributed by atoms with van der Waals surface area (Å²) in [5.41, 5.74) is 2.18. The number of hydrogen-bond donors (Lipinski definition) is 2. The van der Waals surface area contributed by atoms with E-state index in [1.54, 1.807) is 17.8 Å². The van der Waals surface area contributed by atoms with Gasteiger partial charge in [-0.3, -0.25) is 4.68 Å². The zero-order valence-corrected chi connectivity index (χ0v) is 12.5. The second-order valence-corrected chi connectivity index (χ2v) is 4.53. The molecule has 9 heteroatoms. The van der Waals surface area contributed by atoms with Gasteiger partial charge in [-0.2, -0.15) is 5.10 Å². The van der Waals surface area contributed by atoms with Crippen molar-refractivity contribution in [2.75, 3.05) is 11.9 Å². The minimum Gasteiger partial charge on any atom is -0.450 e. The van der Waals surface area contributed by atoms with Crippen LogP contribution in [0.15, 0.2) is 16.9 Å². The van der Waals surface area contributed by atoms with E-state index < -0.39 is 12.1 Å². The topological polar surface area (TPSA) is 111 Å². The van der Waals surface area contributed by atoms with Gasteiger partial charge in [-0.25, -0.2) is 14.9 Å². The van der Waals surface area contributed by atoms with E-state index in [0.29, 0.717) is 12.2 Å². The van der Waals surface area contributed by atoms with Gasteiger partial charge in [0.05, 0.1) is 30.7 Å². The van der Waals surface area contributed by atoms with Gasteiger partial charge in [0.25, 0.3) is 0 Å². The van der Waals surface area contributed by atoms with Crippen molar-refractivity contribution in [2.24, 2.45) is 0 Å². The third-order valence-corrected chi connectivity index (χ3v) is 2.88. The molecule has 3 amide bonds. The van der Waals surface area contributed by atoms with Crippen molar-refractivity contribution < 1.29 is 18.8 Å². The summed E-state index contributed by atoms with van der Waals surface area (Å²) in [5, 5.41) is 12.5. The average Bonchev–Trinajstić information content (AvgIpc) is 3.00. The number of hydrogen-bond acceptors (Lipinski definition) is 6. The van der Waals surface area contributed by atoms with Gasteiger partial charge in [-0.05, 0) is 20.8 Å². The molecule has 2 heterocycles. The Hall–Kier alpha value is -2.84. The number of urea groups is 1. The highest BCUT2D eigenvalue weighted by Crippen LogP contribution is 2.14. The predicted octanol–water partition coefficient (Wildman–Crippen LogP) is 1.81. The van der Waals surface area contributed by atoms with Crippen LogP contribution in [0, 0.1) is 13.8 Å². The maximum atomic E-state index is 11.5. The summed E-state index contributed by atoms with van der Waals surface area (Å²) in [5.74, 6) is 0.725. The second kappa shape index (κ2) is 6.74. The third kappa shape index (κ3) is 3.84. The SMILES string of the molecule is CCOC(=O)NC(=O)Nc1cnn(Cc2c(C)noc2C)c1. The molecule has 9 nitrogen and oxygen atoms in total. The molecule has 0 fully saturated rings. The normalized spacial score (nSPS) is 10.3. The molecule has 2 aromatic heterocycles. The summed E-state index contributed by atoms with van der Waals surface area (Å²) in [6, 6.07) is -0.685. The Balaban J connectivity index is 1.94. The Bertz CT molecular complexity index is 656. The fourth-order valence-corrected chi connectivity index (χ4v) is 1.83. The molecule has 22 heavy (non-hydrogen) atoms. The van der Waals surface area contributed by atoms with E-state index in [4.69, 9.17) is 4.52 Å². The number of amides is 3. The molecule has 0 aliphatic carbocycles. The van der Waals surface area contributed by atoms with Crippen LogP contribution < -0.4 is 10.6 Å². The van der Waals surface area contributed by atoms with Crippen molar-refractivity contribution >= 4 is 17.8 Å². The monoisotopic (exact) mass is 307 g/mol. The van der Waals surface area contributed by atoms with Crippen molar-refractivity contribution in [1.29, 1.82) is 0 Å². The summed E-state index contributed by atoms with van der Waals surface area (Å²) in [6.45, 7) is 5.99. The molecule has 0 unspecified atom stereocenters. The first-order chi connectivity index (χ1) is 10.5. The highest BCUT2D eigenvalue weighted by Gasteiger charge is 2.12. The standard InChI is InChI=1S/C13H17N5O4/c1-4-21-13(20)16-12(19)15-10-5-14-18(6-10)7-11-8(2)17-22-9(11)3/h5-6H,4,7H2,1-3H3,(H2,15,16,19,20). The van der Waals surface area contributed by atoms with Crippen molar-refractivity contribution in [2.45, 2.75) is 27.3 Å². The molecule has 2 aromatic rings.